The molecule has 0 saturated carbocycles. The minimum atomic E-state index is -0.316. The Balaban J connectivity index is 1.39. The molecule has 5 nitrogen and oxygen atoms in total. The van der Waals surface area contributed by atoms with Crippen LogP contribution in [0.25, 0.3) is 0 Å². The molecule has 3 aromatic carbocycles. The van der Waals surface area contributed by atoms with Crippen LogP contribution >= 0.6 is 23.2 Å². The van der Waals surface area contributed by atoms with Crippen LogP contribution in [0.2, 0.25) is 10.0 Å². The Labute approximate surface area is 194 Å². The van der Waals surface area contributed by atoms with Gasteiger partial charge in [-0.1, -0.05) is 59.6 Å². The van der Waals surface area contributed by atoms with Gasteiger partial charge in [-0.2, -0.15) is 5.10 Å². The van der Waals surface area contributed by atoms with Crippen LogP contribution in [0, 0.1) is 5.82 Å². The molecular formula is C24H18Cl2FN3O2. The molecule has 162 valence electrons. The number of aromatic nitrogens is 2. The van der Waals surface area contributed by atoms with Crippen LogP contribution in [0.3, 0.4) is 0 Å². The predicted molar refractivity (Wildman–Crippen MR) is 123 cm³/mol. The van der Waals surface area contributed by atoms with Crippen LogP contribution in [0.1, 0.15) is 21.5 Å². The van der Waals surface area contributed by atoms with E-state index in [0.29, 0.717) is 32.7 Å². The first-order valence-corrected chi connectivity index (χ1v) is 10.5. The minimum Gasteiger partial charge on any atom is -0.487 e. The number of amides is 1. The summed E-state index contributed by atoms with van der Waals surface area (Å²) >= 11 is 12.1. The molecule has 0 fully saturated rings. The van der Waals surface area contributed by atoms with E-state index in [4.69, 9.17) is 27.9 Å². The summed E-state index contributed by atoms with van der Waals surface area (Å²) in [6.45, 7) is 0.486. The summed E-state index contributed by atoms with van der Waals surface area (Å²) in [4.78, 5) is 12.7. The Hall–Kier alpha value is -3.35. The average molecular weight is 470 g/mol. The van der Waals surface area contributed by atoms with Crippen LogP contribution in [-0.4, -0.2) is 15.7 Å². The van der Waals surface area contributed by atoms with Gasteiger partial charge >= 0.3 is 0 Å². The number of anilines is 1. The monoisotopic (exact) mass is 469 g/mol. The van der Waals surface area contributed by atoms with Crippen molar-refractivity contribution in [1.29, 1.82) is 0 Å². The number of carbonyl (C=O) groups is 1. The highest BCUT2D eigenvalue weighted by atomic mass is 35.5. The molecule has 1 N–H and O–H groups in total. The number of hydrogen-bond donors (Lipinski definition) is 1. The Morgan fingerprint density at radius 2 is 1.84 bits per heavy atom. The van der Waals surface area contributed by atoms with Crippen molar-refractivity contribution in [2.75, 3.05) is 5.32 Å². The molecule has 8 heteroatoms. The highest BCUT2D eigenvalue weighted by Gasteiger charge is 2.11. The number of ether oxygens (including phenoxy) is 1. The van der Waals surface area contributed by atoms with Gasteiger partial charge < -0.3 is 10.1 Å². The van der Waals surface area contributed by atoms with E-state index < -0.39 is 0 Å². The van der Waals surface area contributed by atoms with E-state index in [9.17, 15) is 9.18 Å². The molecule has 1 aromatic heterocycles. The van der Waals surface area contributed by atoms with Crippen molar-refractivity contribution in [3.05, 3.63) is 112 Å². The first-order valence-electron chi connectivity index (χ1n) is 9.73. The van der Waals surface area contributed by atoms with Gasteiger partial charge in [-0.05, 0) is 35.9 Å². The lowest BCUT2D eigenvalue weighted by molar-refractivity contribution is 0.102. The SMILES string of the molecule is O=C(Nc1ccn(Cc2ccccc2F)n1)c1cccc(COc2cccc(Cl)c2Cl)c1. The van der Waals surface area contributed by atoms with Crippen LogP contribution in [-0.2, 0) is 13.2 Å². The molecule has 0 aliphatic carbocycles. The van der Waals surface area contributed by atoms with Crippen LogP contribution in [0.4, 0.5) is 10.2 Å². The Morgan fingerprint density at radius 1 is 1.03 bits per heavy atom. The molecule has 0 aliphatic rings. The number of benzene rings is 3. The van der Waals surface area contributed by atoms with Gasteiger partial charge in [-0.3, -0.25) is 9.48 Å². The largest absolute Gasteiger partial charge is 0.487 e. The molecule has 32 heavy (non-hydrogen) atoms. The van der Waals surface area contributed by atoms with Crippen molar-refractivity contribution in [1.82, 2.24) is 9.78 Å². The number of rotatable bonds is 7. The Morgan fingerprint density at radius 3 is 2.69 bits per heavy atom. The molecule has 0 atom stereocenters. The van der Waals surface area contributed by atoms with Gasteiger partial charge in [0.1, 0.15) is 23.2 Å². The summed E-state index contributed by atoms with van der Waals surface area (Å²) in [5.74, 6) is 0.226. The van der Waals surface area contributed by atoms with E-state index in [1.54, 1.807) is 71.5 Å². The standard InChI is InChI=1S/C24H18Cl2FN3O2/c25-19-8-4-10-21(23(19)26)32-15-16-5-3-7-17(13-16)24(31)28-22-11-12-30(29-22)14-18-6-1-2-9-20(18)27/h1-13H,14-15H2,(H,28,29,31). The smallest absolute Gasteiger partial charge is 0.256 e. The maximum Gasteiger partial charge on any atom is 0.256 e. The Bertz CT molecular complexity index is 1260. The van der Waals surface area contributed by atoms with Gasteiger partial charge in [0.05, 0.1) is 11.6 Å². The van der Waals surface area contributed by atoms with Gasteiger partial charge in [-0.15, -0.1) is 0 Å². The molecule has 4 aromatic rings. The fraction of sp³-hybridized carbons (Fsp3) is 0.0833. The lowest BCUT2D eigenvalue weighted by Gasteiger charge is -2.10. The number of nitrogens with zero attached hydrogens (tertiary/aromatic N) is 2. The number of halogens is 3. The van der Waals surface area contributed by atoms with Gasteiger partial charge in [-0.25, -0.2) is 4.39 Å². The highest BCUT2D eigenvalue weighted by Crippen LogP contribution is 2.32. The fourth-order valence-corrected chi connectivity index (χ4v) is 3.41. The molecule has 1 amide bonds. The molecule has 0 radical (unpaired) electrons. The zero-order chi connectivity index (χ0) is 22.5. The summed E-state index contributed by atoms with van der Waals surface area (Å²) in [5, 5.41) is 7.80. The molecule has 0 saturated heterocycles. The molecule has 0 spiro atoms. The van der Waals surface area contributed by atoms with Crippen LogP contribution in [0.5, 0.6) is 5.75 Å². The van der Waals surface area contributed by atoms with Crippen molar-refractivity contribution in [3.63, 3.8) is 0 Å². The van der Waals surface area contributed by atoms with Crippen molar-refractivity contribution >= 4 is 34.9 Å². The van der Waals surface area contributed by atoms with Crippen molar-refractivity contribution in [2.45, 2.75) is 13.2 Å². The first kappa shape index (κ1) is 21.9. The summed E-state index contributed by atoms with van der Waals surface area (Å²) in [7, 11) is 0. The molecule has 0 aliphatic heterocycles. The first-order chi connectivity index (χ1) is 15.5. The van der Waals surface area contributed by atoms with Crippen molar-refractivity contribution < 1.29 is 13.9 Å². The molecule has 0 unspecified atom stereocenters. The zero-order valence-corrected chi connectivity index (χ0v) is 18.3. The van der Waals surface area contributed by atoms with Gasteiger partial charge in [0, 0.05) is 23.4 Å². The third-order valence-corrected chi connectivity index (χ3v) is 5.47. The maximum absolute atomic E-state index is 13.8. The van der Waals surface area contributed by atoms with E-state index >= 15 is 0 Å². The second-order valence-corrected chi connectivity index (χ2v) is 7.77. The minimum absolute atomic E-state index is 0.221. The lowest BCUT2D eigenvalue weighted by Crippen LogP contribution is -2.13. The summed E-state index contributed by atoms with van der Waals surface area (Å²) in [6, 6.07) is 20.3. The number of nitrogens with one attached hydrogen (secondary N) is 1. The second kappa shape index (κ2) is 9.85. The zero-order valence-electron chi connectivity index (χ0n) is 16.8. The molecule has 0 bridgehead atoms. The van der Waals surface area contributed by atoms with Gasteiger partial charge in [0.15, 0.2) is 5.82 Å². The molecular weight excluding hydrogens is 452 g/mol. The summed E-state index contributed by atoms with van der Waals surface area (Å²) in [6.07, 6.45) is 1.68. The third kappa shape index (κ3) is 5.28. The molecule has 4 rings (SSSR count). The second-order valence-electron chi connectivity index (χ2n) is 6.99. The number of carbonyl (C=O) groups excluding carboxylic acids is 1. The normalized spacial score (nSPS) is 10.7. The van der Waals surface area contributed by atoms with E-state index in [-0.39, 0.29) is 24.9 Å². The van der Waals surface area contributed by atoms with E-state index in [1.807, 2.05) is 6.07 Å². The Kier molecular flexibility index (Phi) is 6.73. The van der Waals surface area contributed by atoms with Crippen LogP contribution < -0.4 is 10.1 Å². The fourth-order valence-electron chi connectivity index (χ4n) is 3.06. The average Bonchev–Trinajstić information content (AvgIpc) is 3.23. The van der Waals surface area contributed by atoms with E-state index in [0.717, 1.165) is 5.56 Å². The predicted octanol–water partition coefficient (Wildman–Crippen LogP) is 6.21. The van der Waals surface area contributed by atoms with Crippen molar-refractivity contribution in [3.8, 4) is 5.75 Å². The third-order valence-electron chi connectivity index (χ3n) is 4.67. The topological polar surface area (TPSA) is 56.2 Å². The van der Waals surface area contributed by atoms with Gasteiger partial charge in [0.25, 0.3) is 5.91 Å². The summed E-state index contributed by atoms with van der Waals surface area (Å²) in [5.41, 5.74) is 1.76. The lowest BCUT2D eigenvalue weighted by atomic mass is 10.1. The van der Waals surface area contributed by atoms with E-state index in [2.05, 4.69) is 10.4 Å². The van der Waals surface area contributed by atoms with Gasteiger partial charge in [0.2, 0.25) is 0 Å². The quantitative estimate of drug-likeness (QED) is 0.350. The summed E-state index contributed by atoms with van der Waals surface area (Å²) < 4.78 is 21.1. The van der Waals surface area contributed by atoms with Crippen LogP contribution in [0.15, 0.2) is 79.0 Å². The van der Waals surface area contributed by atoms with E-state index in [1.165, 1.54) is 6.07 Å². The maximum atomic E-state index is 13.8. The highest BCUT2D eigenvalue weighted by molar-refractivity contribution is 6.42. The number of hydrogen-bond acceptors (Lipinski definition) is 3. The molecule has 1 heterocycles. The van der Waals surface area contributed by atoms with Crippen molar-refractivity contribution in [2.24, 2.45) is 0 Å².